The SMILES string of the molecule is COC(=O)C(C(=O)N1CCCC1)C1(c2[c]cccc2)CCCCC1. The molecule has 1 aliphatic heterocycles. The Morgan fingerprint density at radius 3 is 2.42 bits per heavy atom. The fourth-order valence-corrected chi connectivity index (χ4v) is 4.40. The summed E-state index contributed by atoms with van der Waals surface area (Å²) in [6.45, 7) is 1.50. The number of methoxy groups -OCH3 is 1. The van der Waals surface area contributed by atoms with E-state index >= 15 is 0 Å². The summed E-state index contributed by atoms with van der Waals surface area (Å²) in [6.07, 6.45) is 6.93. The maximum Gasteiger partial charge on any atom is 0.319 e. The molecule has 129 valence electrons. The smallest absolute Gasteiger partial charge is 0.319 e. The molecule has 4 nitrogen and oxygen atoms in total. The normalized spacial score (nSPS) is 21.3. The zero-order valence-electron chi connectivity index (χ0n) is 14.4. The highest BCUT2D eigenvalue weighted by Gasteiger charge is 2.51. The van der Waals surface area contributed by atoms with Crippen molar-refractivity contribution in [2.45, 2.75) is 50.4 Å². The molecule has 0 aromatic heterocycles. The average molecular weight is 328 g/mol. The van der Waals surface area contributed by atoms with Crippen molar-refractivity contribution in [2.75, 3.05) is 20.2 Å². The first kappa shape index (κ1) is 17.0. The van der Waals surface area contributed by atoms with E-state index in [4.69, 9.17) is 4.74 Å². The largest absolute Gasteiger partial charge is 0.468 e. The summed E-state index contributed by atoms with van der Waals surface area (Å²) >= 11 is 0. The lowest BCUT2D eigenvalue weighted by Gasteiger charge is -2.43. The third-order valence-electron chi connectivity index (χ3n) is 5.65. The van der Waals surface area contributed by atoms with E-state index in [1.165, 1.54) is 7.11 Å². The number of ether oxygens (including phenoxy) is 1. The van der Waals surface area contributed by atoms with Gasteiger partial charge in [-0.25, -0.2) is 0 Å². The van der Waals surface area contributed by atoms with E-state index in [1.54, 1.807) is 0 Å². The van der Waals surface area contributed by atoms with Crippen LogP contribution in [-0.4, -0.2) is 37.0 Å². The Labute approximate surface area is 144 Å². The first-order valence-corrected chi connectivity index (χ1v) is 9.03. The third kappa shape index (κ3) is 3.06. The standard InChI is InChI=1S/C20H26NO3/c1-24-19(23)17(18(22)21-14-8-9-15-21)20(12-6-3-7-13-20)16-10-4-2-5-11-16/h2,4-5,10,17H,3,6-9,12-15H2,1H3. The number of amides is 1. The lowest BCUT2D eigenvalue weighted by Crippen LogP contribution is -2.51. The number of benzene rings is 1. The van der Waals surface area contributed by atoms with Crippen LogP contribution < -0.4 is 0 Å². The molecular weight excluding hydrogens is 302 g/mol. The lowest BCUT2D eigenvalue weighted by atomic mass is 9.61. The van der Waals surface area contributed by atoms with Gasteiger partial charge in [0.25, 0.3) is 0 Å². The lowest BCUT2D eigenvalue weighted by molar-refractivity contribution is -0.158. The van der Waals surface area contributed by atoms with Gasteiger partial charge in [0, 0.05) is 18.5 Å². The van der Waals surface area contributed by atoms with E-state index in [1.807, 2.05) is 29.2 Å². The molecule has 1 unspecified atom stereocenters. The summed E-state index contributed by atoms with van der Waals surface area (Å²) in [5.41, 5.74) is 0.499. The number of carbonyl (C=O) groups excluding carboxylic acids is 2. The molecular formula is C20H26NO3. The van der Waals surface area contributed by atoms with Crippen LogP contribution in [0.1, 0.15) is 50.5 Å². The van der Waals surface area contributed by atoms with Crippen LogP contribution in [0.3, 0.4) is 0 Å². The van der Waals surface area contributed by atoms with E-state index < -0.39 is 17.3 Å². The Kier molecular flexibility index (Phi) is 5.22. The summed E-state index contributed by atoms with van der Waals surface area (Å²) in [7, 11) is 1.39. The molecule has 1 aliphatic carbocycles. The monoisotopic (exact) mass is 328 g/mol. The second kappa shape index (κ2) is 7.37. The Morgan fingerprint density at radius 1 is 1.12 bits per heavy atom. The molecule has 1 saturated heterocycles. The summed E-state index contributed by atoms with van der Waals surface area (Å²) in [5.74, 6) is -1.20. The number of hydrogen-bond acceptors (Lipinski definition) is 3. The summed E-state index contributed by atoms with van der Waals surface area (Å²) in [6, 6.07) is 11.1. The van der Waals surface area contributed by atoms with Crippen LogP contribution in [0.15, 0.2) is 24.3 Å². The fraction of sp³-hybridized carbons (Fsp3) is 0.600. The van der Waals surface area contributed by atoms with Crippen LogP contribution in [-0.2, 0) is 19.7 Å². The molecule has 0 N–H and O–H groups in total. The van der Waals surface area contributed by atoms with E-state index in [0.29, 0.717) is 0 Å². The molecule has 3 rings (SSSR count). The number of hydrogen-bond donors (Lipinski definition) is 0. The van der Waals surface area contributed by atoms with E-state index in [9.17, 15) is 9.59 Å². The summed E-state index contributed by atoms with van der Waals surface area (Å²) in [4.78, 5) is 27.8. The molecule has 0 spiro atoms. The molecule has 1 heterocycles. The highest BCUT2D eigenvalue weighted by Crippen LogP contribution is 2.46. The van der Waals surface area contributed by atoms with Gasteiger partial charge >= 0.3 is 5.97 Å². The van der Waals surface area contributed by atoms with Crippen LogP contribution in [0.4, 0.5) is 0 Å². The van der Waals surface area contributed by atoms with E-state index in [2.05, 4.69) is 6.07 Å². The average Bonchev–Trinajstić information content (AvgIpc) is 3.18. The molecule has 1 aromatic carbocycles. The Bertz CT molecular complexity index is 572. The van der Waals surface area contributed by atoms with Gasteiger partial charge in [0.05, 0.1) is 7.11 Å². The van der Waals surface area contributed by atoms with Crippen LogP contribution in [0.2, 0.25) is 0 Å². The third-order valence-corrected chi connectivity index (χ3v) is 5.65. The predicted molar refractivity (Wildman–Crippen MR) is 91.4 cm³/mol. The number of rotatable bonds is 4. The van der Waals surface area contributed by atoms with Crippen molar-refractivity contribution in [1.29, 1.82) is 0 Å². The topological polar surface area (TPSA) is 46.6 Å². The minimum absolute atomic E-state index is 0.0569. The first-order valence-electron chi connectivity index (χ1n) is 9.03. The molecule has 1 radical (unpaired) electrons. The van der Waals surface area contributed by atoms with Crippen molar-refractivity contribution in [1.82, 2.24) is 4.90 Å². The van der Waals surface area contributed by atoms with E-state index in [-0.39, 0.29) is 5.91 Å². The predicted octanol–water partition coefficient (Wildman–Crippen LogP) is 3.10. The van der Waals surface area contributed by atoms with Crippen LogP contribution in [0, 0.1) is 12.0 Å². The van der Waals surface area contributed by atoms with Crippen LogP contribution in [0.25, 0.3) is 0 Å². The second-order valence-electron chi connectivity index (χ2n) is 6.98. The van der Waals surface area contributed by atoms with Gasteiger partial charge in [-0.3, -0.25) is 9.59 Å². The van der Waals surface area contributed by atoms with Crippen molar-refractivity contribution >= 4 is 11.9 Å². The Balaban J connectivity index is 2.03. The zero-order valence-corrected chi connectivity index (χ0v) is 14.4. The summed E-state index contributed by atoms with van der Waals surface area (Å²) < 4.78 is 5.09. The summed E-state index contributed by atoms with van der Waals surface area (Å²) in [5, 5.41) is 0. The first-order chi connectivity index (χ1) is 11.7. The van der Waals surface area contributed by atoms with Crippen molar-refractivity contribution in [3.8, 4) is 0 Å². The minimum Gasteiger partial charge on any atom is -0.468 e. The number of likely N-dealkylation sites (tertiary alicyclic amines) is 1. The number of nitrogens with zero attached hydrogens (tertiary/aromatic N) is 1. The highest BCUT2D eigenvalue weighted by molar-refractivity contribution is 5.99. The molecule has 1 atom stereocenters. The van der Waals surface area contributed by atoms with E-state index in [0.717, 1.165) is 63.6 Å². The highest BCUT2D eigenvalue weighted by atomic mass is 16.5. The molecule has 4 heteroatoms. The number of esters is 1. The van der Waals surface area contributed by atoms with Crippen molar-refractivity contribution in [2.24, 2.45) is 5.92 Å². The Morgan fingerprint density at radius 2 is 1.83 bits per heavy atom. The van der Waals surface area contributed by atoms with Gasteiger partial charge in [0.1, 0.15) is 5.92 Å². The van der Waals surface area contributed by atoms with Crippen LogP contribution in [0.5, 0.6) is 0 Å². The fourth-order valence-electron chi connectivity index (χ4n) is 4.40. The van der Waals surface area contributed by atoms with Gasteiger partial charge in [-0.05, 0) is 37.3 Å². The minimum atomic E-state index is -0.750. The number of carbonyl (C=O) groups is 2. The Hall–Kier alpha value is -1.84. The van der Waals surface area contributed by atoms with Crippen molar-refractivity contribution in [3.63, 3.8) is 0 Å². The zero-order chi connectivity index (χ0) is 17.0. The van der Waals surface area contributed by atoms with Gasteiger partial charge < -0.3 is 9.64 Å². The maximum atomic E-state index is 13.2. The van der Waals surface area contributed by atoms with Gasteiger partial charge in [-0.15, -0.1) is 0 Å². The van der Waals surface area contributed by atoms with Gasteiger partial charge in [-0.2, -0.15) is 0 Å². The molecule has 1 aromatic rings. The van der Waals surface area contributed by atoms with Gasteiger partial charge in [0.2, 0.25) is 5.91 Å². The van der Waals surface area contributed by atoms with Crippen LogP contribution >= 0.6 is 0 Å². The quantitative estimate of drug-likeness (QED) is 0.630. The molecule has 1 saturated carbocycles. The second-order valence-corrected chi connectivity index (χ2v) is 6.98. The molecule has 0 bridgehead atoms. The van der Waals surface area contributed by atoms with Gasteiger partial charge in [0.15, 0.2) is 0 Å². The molecule has 24 heavy (non-hydrogen) atoms. The van der Waals surface area contributed by atoms with Crippen molar-refractivity contribution in [3.05, 3.63) is 35.9 Å². The van der Waals surface area contributed by atoms with Gasteiger partial charge in [-0.1, -0.05) is 43.5 Å². The maximum absolute atomic E-state index is 13.2. The van der Waals surface area contributed by atoms with Crippen molar-refractivity contribution < 1.29 is 14.3 Å². The molecule has 2 aliphatic rings. The molecule has 1 amide bonds. The molecule has 2 fully saturated rings.